The summed E-state index contributed by atoms with van der Waals surface area (Å²) in [7, 11) is 0. The second kappa shape index (κ2) is 7.00. The summed E-state index contributed by atoms with van der Waals surface area (Å²) >= 11 is 23.5. The van der Waals surface area contributed by atoms with E-state index in [1.54, 1.807) is 24.3 Å². The average Bonchev–Trinajstić information content (AvgIpc) is 2.37. The van der Waals surface area contributed by atoms with Crippen molar-refractivity contribution >= 4 is 52.7 Å². The van der Waals surface area contributed by atoms with Gasteiger partial charge < -0.3 is 0 Å². The Labute approximate surface area is 133 Å². The minimum Gasteiger partial charge on any atom is -0.266 e. The van der Waals surface area contributed by atoms with E-state index in [4.69, 9.17) is 46.8 Å². The van der Waals surface area contributed by atoms with Gasteiger partial charge in [-0.2, -0.15) is 4.53 Å². The first-order valence-electron chi connectivity index (χ1n) is 5.57. The fourth-order valence-electron chi connectivity index (χ4n) is 1.34. The number of rotatable bonds is 5. The minimum absolute atomic E-state index is 0.395. The number of hydrazine groups is 1. The van der Waals surface area contributed by atoms with E-state index >= 15 is 0 Å². The monoisotopic (exact) mass is 342 g/mol. The van der Waals surface area contributed by atoms with Crippen LogP contribution in [0.15, 0.2) is 24.3 Å². The molecule has 0 fully saturated rings. The molecule has 0 radical (unpaired) electrons. The number of hydrogen-bond acceptors (Lipinski definition) is 2. The number of carbonyl (C=O) groups excluding carboxylic acids is 1. The molecule has 0 bridgehead atoms. The van der Waals surface area contributed by atoms with Crippen LogP contribution in [-0.2, 0) is 0 Å². The zero-order valence-corrected chi connectivity index (χ0v) is 13.6. The molecule has 0 unspecified atom stereocenters. The molecule has 0 saturated carbocycles. The SMILES string of the molecule is CC(C)(CCCl)N(Cl)N(Cl)C(=O)c1ccc(Cl)cc1. The Morgan fingerprint density at radius 3 is 2.21 bits per heavy atom. The Bertz CT molecular complexity index is 436. The lowest BCUT2D eigenvalue weighted by Gasteiger charge is -2.35. The number of amides is 1. The van der Waals surface area contributed by atoms with E-state index in [0.29, 0.717) is 22.9 Å². The van der Waals surface area contributed by atoms with Crippen molar-refractivity contribution in [2.24, 2.45) is 0 Å². The second-order valence-electron chi connectivity index (χ2n) is 4.58. The van der Waals surface area contributed by atoms with Crippen molar-refractivity contribution in [1.29, 1.82) is 0 Å². The van der Waals surface area contributed by atoms with Crippen molar-refractivity contribution in [1.82, 2.24) is 9.06 Å². The molecule has 0 atom stereocenters. The molecule has 106 valence electrons. The van der Waals surface area contributed by atoms with Crippen molar-refractivity contribution < 1.29 is 4.79 Å². The van der Waals surface area contributed by atoms with Crippen LogP contribution in [0.5, 0.6) is 0 Å². The van der Waals surface area contributed by atoms with Crippen molar-refractivity contribution in [3.8, 4) is 0 Å². The summed E-state index contributed by atoms with van der Waals surface area (Å²) in [6.45, 7) is 3.68. The molecule has 1 aromatic rings. The summed E-state index contributed by atoms with van der Waals surface area (Å²) in [5.41, 5.74) is -0.153. The maximum atomic E-state index is 12.1. The van der Waals surface area contributed by atoms with Crippen LogP contribution in [0.3, 0.4) is 0 Å². The van der Waals surface area contributed by atoms with E-state index in [1.165, 1.54) is 0 Å². The molecule has 7 heteroatoms. The van der Waals surface area contributed by atoms with E-state index < -0.39 is 11.4 Å². The molecule has 1 aromatic carbocycles. The van der Waals surface area contributed by atoms with Crippen molar-refractivity contribution in [3.05, 3.63) is 34.9 Å². The molecule has 1 amide bonds. The lowest BCUT2D eigenvalue weighted by Crippen LogP contribution is -2.47. The maximum absolute atomic E-state index is 12.1. The third-order valence-corrected chi connectivity index (χ3v) is 4.05. The molecule has 0 N–H and O–H groups in total. The van der Waals surface area contributed by atoms with Gasteiger partial charge in [0.05, 0.1) is 5.54 Å². The highest BCUT2D eigenvalue weighted by Crippen LogP contribution is 2.27. The number of hydrogen-bond donors (Lipinski definition) is 0. The van der Waals surface area contributed by atoms with Crippen LogP contribution in [0.4, 0.5) is 0 Å². The number of carbonyl (C=O) groups is 1. The normalized spacial score (nSPS) is 11.7. The fraction of sp³-hybridized carbons (Fsp3) is 0.417. The van der Waals surface area contributed by atoms with Gasteiger partial charge >= 0.3 is 0 Å². The van der Waals surface area contributed by atoms with Gasteiger partial charge in [0.25, 0.3) is 5.91 Å². The van der Waals surface area contributed by atoms with Gasteiger partial charge in [-0.05, 0) is 44.5 Å². The first-order chi connectivity index (χ1) is 8.79. The quantitative estimate of drug-likeness (QED) is 0.439. The average molecular weight is 344 g/mol. The Hall–Kier alpha value is -0.190. The molecule has 1 rings (SSSR count). The van der Waals surface area contributed by atoms with Crippen LogP contribution in [0.2, 0.25) is 5.02 Å². The predicted molar refractivity (Wildman–Crippen MR) is 80.6 cm³/mol. The van der Waals surface area contributed by atoms with Crippen molar-refractivity contribution in [2.45, 2.75) is 25.8 Å². The van der Waals surface area contributed by atoms with E-state index in [1.807, 2.05) is 13.8 Å². The van der Waals surface area contributed by atoms with Gasteiger partial charge in [-0.3, -0.25) is 4.79 Å². The molecule has 0 heterocycles. The third-order valence-electron chi connectivity index (χ3n) is 2.62. The highest BCUT2D eigenvalue weighted by Gasteiger charge is 2.32. The summed E-state index contributed by atoms with van der Waals surface area (Å²) in [6.07, 6.45) is 0.579. The molecular weight excluding hydrogens is 330 g/mol. The smallest absolute Gasteiger partial charge is 0.266 e. The first-order valence-corrected chi connectivity index (χ1v) is 7.16. The van der Waals surface area contributed by atoms with E-state index in [9.17, 15) is 4.79 Å². The van der Waals surface area contributed by atoms with Crippen LogP contribution < -0.4 is 0 Å². The number of halogens is 4. The Kier molecular flexibility index (Phi) is 6.21. The largest absolute Gasteiger partial charge is 0.284 e. The van der Waals surface area contributed by atoms with Gasteiger partial charge in [-0.15, -0.1) is 16.1 Å². The number of nitrogens with zero attached hydrogens (tertiary/aromatic N) is 2. The summed E-state index contributed by atoms with van der Waals surface area (Å²) in [6, 6.07) is 6.39. The second-order valence-corrected chi connectivity index (χ2v) is 6.04. The van der Waals surface area contributed by atoms with Gasteiger partial charge in [0.1, 0.15) is 0 Å². The molecule has 3 nitrogen and oxygen atoms in total. The van der Waals surface area contributed by atoms with Gasteiger partial charge in [0.2, 0.25) is 0 Å². The maximum Gasteiger partial charge on any atom is 0.284 e. The Balaban J connectivity index is 2.84. The van der Waals surface area contributed by atoms with E-state index in [0.717, 1.165) is 9.06 Å². The zero-order valence-electron chi connectivity index (χ0n) is 10.5. The molecule has 0 aliphatic rings. The molecule has 0 spiro atoms. The Morgan fingerprint density at radius 1 is 1.21 bits per heavy atom. The van der Waals surface area contributed by atoms with Crippen molar-refractivity contribution in [2.75, 3.05) is 5.88 Å². The highest BCUT2D eigenvalue weighted by molar-refractivity contribution is 6.31. The predicted octanol–water partition coefficient (Wildman–Crippen LogP) is 4.71. The standard InChI is InChI=1S/C12H14Cl4N2O/c1-12(2,7-8-13)18(16)17(15)11(19)9-3-5-10(14)6-4-9/h3-6H,7-8H2,1-2H3. The fourth-order valence-corrected chi connectivity index (χ4v) is 2.38. The lowest BCUT2D eigenvalue weighted by molar-refractivity contribution is 0.0402. The molecule has 0 saturated heterocycles. The first kappa shape index (κ1) is 16.9. The topological polar surface area (TPSA) is 23.6 Å². The molecule has 0 aliphatic heterocycles. The van der Waals surface area contributed by atoms with Gasteiger partial charge in [0, 0.05) is 40.0 Å². The lowest BCUT2D eigenvalue weighted by atomic mass is 10.0. The van der Waals surface area contributed by atoms with Gasteiger partial charge in [-0.25, -0.2) is 0 Å². The third kappa shape index (κ3) is 4.40. The van der Waals surface area contributed by atoms with Gasteiger partial charge in [-0.1, -0.05) is 11.6 Å². The minimum atomic E-state index is -0.548. The number of alkyl halides is 1. The van der Waals surface area contributed by atoms with Crippen LogP contribution in [-0.4, -0.2) is 26.4 Å². The summed E-state index contributed by atoms with van der Waals surface area (Å²) < 4.78 is 1.99. The summed E-state index contributed by atoms with van der Waals surface area (Å²) in [5.74, 6) is -0.0215. The van der Waals surface area contributed by atoms with Crippen LogP contribution >= 0.6 is 46.8 Å². The summed E-state index contributed by atoms with van der Waals surface area (Å²) in [4.78, 5) is 12.1. The molecular formula is C12H14Cl4N2O. The molecule has 0 aliphatic carbocycles. The number of benzene rings is 1. The van der Waals surface area contributed by atoms with Crippen LogP contribution in [0, 0.1) is 0 Å². The van der Waals surface area contributed by atoms with Crippen LogP contribution in [0.25, 0.3) is 0 Å². The van der Waals surface area contributed by atoms with Crippen molar-refractivity contribution in [3.63, 3.8) is 0 Å². The molecule has 19 heavy (non-hydrogen) atoms. The van der Waals surface area contributed by atoms with Crippen LogP contribution in [0.1, 0.15) is 30.6 Å². The zero-order chi connectivity index (χ0) is 14.6. The highest BCUT2D eigenvalue weighted by atomic mass is 35.5. The van der Waals surface area contributed by atoms with E-state index in [2.05, 4.69) is 0 Å². The Morgan fingerprint density at radius 2 is 1.74 bits per heavy atom. The molecule has 0 aromatic heterocycles. The summed E-state index contributed by atoms with van der Waals surface area (Å²) in [5, 5.41) is 0.544. The van der Waals surface area contributed by atoms with E-state index in [-0.39, 0.29) is 0 Å². The van der Waals surface area contributed by atoms with Gasteiger partial charge in [0.15, 0.2) is 0 Å².